The lowest BCUT2D eigenvalue weighted by Gasteiger charge is -2.04. The summed E-state index contributed by atoms with van der Waals surface area (Å²) < 4.78 is 0. The van der Waals surface area contributed by atoms with Gasteiger partial charge in [-0.2, -0.15) is 0 Å². The van der Waals surface area contributed by atoms with Crippen molar-refractivity contribution in [2.45, 2.75) is 13.3 Å². The van der Waals surface area contributed by atoms with Crippen molar-refractivity contribution < 1.29 is 4.79 Å². The third-order valence-corrected chi connectivity index (χ3v) is 2.63. The number of amides is 1. The van der Waals surface area contributed by atoms with Gasteiger partial charge in [0.15, 0.2) is 0 Å². The molecule has 0 saturated heterocycles. The second-order valence-corrected chi connectivity index (χ2v) is 3.93. The van der Waals surface area contributed by atoms with E-state index in [1.807, 2.05) is 17.5 Å². The molecule has 15 heavy (non-hydrogen) atoms. The van der Waals surface area contributed by atoms with E-state index >= 15 is 0 Å². The molecular formula is C10H17ClN2OS. The van der Waals surface area contributed by atoms with Crippen molar-refractivity contribution in [2.24, 2.45) is 0 Å². The Morgan fingerprint density at radius 1 is 1.40 bits per heavy atom. The molecule has 3 nitrogen and oxygen atoms in total. The molecule has 0 aliphatic heterocycles. The Balaban J connectivity index is 0.00000196. The Kier molecular flexibility index (Phi) is 8.37. The van der Waals surface area contributed by atoms with E-state index in [1.165, 1.54) is 11.3 Å². The van der Waals surface area contributed by atoms with Gasteiger partial charge in [-0.1, -0.05) is 13.0 Å². The molecule has 0 fully saturated rings. The quantitative estimate of drug-likeness (QED) is 0.755. The molecule has 2 N–H and O–H groups in total. The number of carbonyl (C=O) groups is 1. The molecule has 1 aromatic rings. The molecule has 0 aliphatic carbocycles. The van der Waals surface area contributed by atoms with E-state index in [2.05, 4.69) is 17.6 Å². The first kappa shape index (κ1) is 14.4. The number of thiophene rings is 1. The van der Waals surface area contributed by atoms with E-state index < -0.39 is 0 Å². The first-order valence-corrected chi connectivity index (χ1v) is 5.75. The van der Waals surface area contributed by atoms with Crippen LogP contribution < -0.4 is 10.6 Å². The molecule has 86 valence electrons. The highest BCUT2D eigenvalue weighted by Gasteiger charge is 2.03. The summed E-state index contributed by atoms with van der Waals surface area (Å²) in [6.07, 6.45) is 1.12. The van der Waals surface area contributed by atoms with Gasteiger partial charge in [-0.05, 0) is 24.4 Å². The molecular weight excluding hydrogens is 232 g/mol. The highest BCUT2D eigenvalue weighted by molar-refractivity contribution is 7.12. The van der Waals surface area contributed by atoms with Gasteiger partial charge in [0.25, 0.3) is 5.91 Å². The van der Waals surface area contributed by atoms with Gasteiger partial charge in [-0.15, -0.1) is 23.7 Å². The summed E-state index contributed by atoms with van der Waals surface area (Å²) in [5, 5.41) is 7.98. The van der Waals surface area contributed by atoms with E-state index in [0.29, 0.717) is 6.54 Å². The Morgan fingerprint density at radius 2 is 2.20 bits per heavy atom. The van der Waals surface area contributed by atoms with Crippen LogP contribution >= 0.6 is 23.7 Å². The minimum atomic E-state index is 0. The molecule has 5 heteroatoms. The standard InChI is InChI=1S/C10H16N2OS.ClH/c1-2-5-11-6-7-12-10(13)9-4-3-8-14-9;/h3-4,8,11H,2,5-7H2,1H3,(H,12,13);1H. The van der Waals surface area contributed by atoms with Crippen molar-refractivity contribution in [1.29, 1.82) is 0 Å². The number of hydrogen-bond donors (Lipinski definition) is 2. The van der Waals surface area contributed by atoms with Crippen LogP contribution in [-0.2, 0) is 0 Å². The molecule has 0 radical (unpaired) electrons. The maximum absolute atomic E-state index is 11.4. The summed E-state index contributed by atoms with van der Waals surface area (Å²) in [5.74, 6) is 0.0262. The van der Waals surface area contributed by atoms with Crippen molar-refractivity contribution in [2.75, 3.05) is 19.6 Å². The summed E-state index contributed by atoms with van der Waals surface area (Å²) in [6.45, 7) is 4.66. The topological polar surface area (TPSA) is 41.1 Å². The lowest BCUT2D eigenvalue weighted by atomic mass is 10.4. The average Bonchev–Trinajstić information content (AvgIpc) is 2.70. The zero-order valence-corrected chi connectivity index (χ0v) is 10.4. The summed E-state index contributed by atoms with van der Waals surface area (Å²) in [5.41, 5.74) is 0. The highest BCUT2D eigenvalue weighted by atomic mass is 35.5. The van der Waals surface area contributed by atoms with Crippen LogP contribution in [0.3, 0.4) is 0 Å². The van der Waals surface area contributed by atoms with E-state index in [1.54, 1.807) is 0 Å². The first-order valence-electron chi connectivity index (χ1n) is 4.87. The van der Waals surface area contributed by atoms with Gasteiger partial charge in [0.2, 0.25) is 0 Å². The van der Waals surface area contributed by atoms with Crippen LogP contribution in [0.25, 0.3) is 0 Å². The number of hydrogen-bond acceptors (Lipinski definition) is 3. The van der Waals surface area contributed by atoms with Crippen LogP contribution in [0.5, 0.6) is 0 Å². The molecule has 1 heterocycles. The molecule has 0 unspecified atom stereocenters. The Morgan fingerprint density at radius 3 is 2.80 bits per heavy atom. The smallest absolute Gasteiger partial charge is 0.261 e. The van der Waals surface area contributed by atoms with Crippen molar-refractivity contribution in [3.63, 3.8) is 0 Å². The van der Waals surface area contributed by atoms with Gasteiger partial charge in [0.05, 0.1) is 4.88 Å². The van der Waals surface area contributed by atoms with Gasteiger partial charge in [-0.3, -0.25) is 4.79 Å². The summed E-state index contributed by atoms with van der Waals surface area (Å²) >= 11 is 1.47. The molecule has 0 aromatic carbocycles. The molecule has 0 saturated carbocycles. The van der Waals surface area contributed by atoms with Crippen molar-refractivity contribution in [3.05, 3.63) is 22.4 Å². The largest absolute Gasteiger partial charge is 0.350 e. The third kappa shape index (κ3) is 5.77. The van der Waals surface area contributed by atoms with Crippen molar-refractivity contribution in [3.8, 4) is 0 Å². The van der Waals surface area contributed by atoms with Crippen LogP contribution in [0.1, 0.15) is 23.0 Å². The van der Waals surface area contributed by atoms with E-state index in [4.69, 9.17) is 0 Å². The fraction of sp³-hybridized carbons (Fsp3) is 0.500. The van der Waals surface area contributed by atoms with Crippen molar-refractivity contribution in [1.82, 2.24) is 10.6 Å². The number of halogens is 1. The zero-order chi connectivity index (χ0) is 10.2. The predicted octanol–water partition coefficient (Wildman–Crippen LogP) is 1.90. The van der Waals surface area contributed by atoms with E-state index in [9.17, 15) is 4.79 Å². The number of rotatable bonds is 6. The average molecular weight is 249 g/mol. The maximum Gasteiger partial charge on any atom is 0.261 e. The molecule has 0 bridgehead atoms. The molecule has 0 aliphatic rings. The Hall–Kier alpha value is -0.580. The van der Waals surface area contributed by atoms with Gasteiger partial charge >= 0.3 is 0 Å². The minimum absolute atomic E-state index is 0. The molecule has 1 aromatic heterocycles. The normalized spacial score (nSPS) is 9.40. The van der Waals surface area contributed by atoms with Gasteiger partial charge < -0.3 is 10.6 Å². The fourth-order valence-corrected chi connectivity index (χ4v) is 1.70. The third-order valence-electron chi connectivity index (χ3n) is 1.76. The SMILES string of the molecule is CCCNCCNC(=O)c1cccs1.Cl. The Bertz CT molecular complexity index is 264. The van der Waals surface area contributed by atoms with Crippen LogP contribution in [-0.4, -0.2) is 25.5 Å². The van der Waals surface area contributed by atoms with Crippen LogP contribution in [0.15, 0.2) is 17.5 Å². The minimum Gasteiger partial charge on any atom is -0.350 e. The predicted molar refractivity (Wildman–Crippen MR) is 67.1 cm³/mol. The summed E-state index contributed by atoms with van der Waals surface area (Å²) in [7, 11) is 0. The van der Waals surface area contributed by atoms with Gasteiger partial charge in [0, 0.05) is 13.1 Å². The van der Waals surface area contributed by atoms with E-state index in [-0.39, 0.29) is 18.3 Å². The zero-order valence-electron chi connectivity index (χ0n) is 8.79. The summed E-state index contributed by atoms with van der Waals surface area (Å²) in [4.78, 5) is 12.2. The van der Waals surface area contributed by atoms with E-state index in [0.717, 1.165) is 24.4 Å². The van der Waals surface area contributed by atoms with Crippen molar-refractivity contribution >= 4 is 29.7 Å². The maximum atomic E-state index is 11.4. The second-order valence-electron chi connectivity index (χ2n) is 2.98. The van der Waals surface area contributed by atoms with Gasteiger partial charge in [-0.25, -0.2) is 0 Å². The fourth-order valence-electron chi connectivity index (χ4n) is 1.06. The van der Waals surface area contributed by atoms with Gasteiger partial charge in [0.1, 0.15) is 0 Å². The molecule has 0 atom stereocenters. The second kappa shape index (κ2) is 8.71. The lowest BCUT2D eigenvalue weighted by Crippen LogP contribution is -2.31. The first-order chi connectivity index (χ1) is 6.84. The van der Waals surface area contributed by atoms with Crippen LogP contribution in [0, 0.1) is 0 Å². The molecule has 1 amide bonds. The monoisotopic (exact) mass is 248 g/mol. The molecule has 1 rings (SSSR count). The number of carbonyl (C=O) groups excluding carboxylic acids is 1. The summed E-state index contributed by atoms with van der Waals surface area (Å²) in [6, 6.07) is 3.72. The molecule has 0 spiro atoms. The highest BCUT2D eigenvalue weighted by Crippen LogP contribution is 2.07. The lowest BCUT2D eigenvalue weighted by molar-refractivity contribution is 0.0958. The number of nitrogens with one attached hydrogen (secondary N) is 2. The van der Waals surface area contributed by atoms with Crippen LogP contribution in [0.2, 0.25) is 0 Å². The van der Waals surface area contributed by atoms with Crippen LogP contribution in [0.4, 0.5) is 0 Å². The Labute approximate surface area is 101 Å².